The van der Waals surface area contributed by atoms with Crippen LogP contribution in [-0.4, -0.2) is 58.1 Å². The molecule has 1 aliphatic rings. The molecule has 1 unspecified atom stereocenters. The van der Waals surface area contributed by atoms with E-state index in [1.165, 1.54) is 19.2 Å². The molecule has 0 bridgehead atoms. The number of halogens is 3. The number of alkyl halides is 3. The van der Waals surface area contributed by atoms with Crippen molar-refractivity contribution in [3.8, 4) is 5.88 Å². The zero-order chi connectivity index (χ0) is 15.0. The van der Waals surface area contributed by atoms with Gasteiger partial charge in [0.15, 0.2) is 11.3 Å². The Labute approximate surface area is 112 Å². The lowest BCUT2D eigenvalue weighted by molar-refractivity contribution is -0.253. The number of likely N-dealkylation sites (tertiary alicyclic amines) is 1. The predicted octanol–water partition coefficient (Wildman–Crippen LogP) is 0.624. The van der Waals surface area contributed by atoms with E-state index in [4.69, 9.17) is 4.74 Å². The number of methoxy groups -OCH3 is 1. The number of amides is 1. The number of hydrogen-bond acceptors (Lipinski definition) is 5. The fourth-order valence-corrected chi connectivity index (χ4v) is 1.90. The molecule has 110 valence electrons. The molecule has 6 nitrogen and oxygen atoms in total. The second kappa shape index (κ2) is 4.89. The molecular formula is C11H12F3N3O3. The molecule has 1 aromatic rings. The van der Waals surface area contributed by atoms with Crippen LogP contribution in [0.3, 0.4) is 0 Å². The first-order valence-electron chi connectivity index (χ1n) is 5.73. The molecule has 0 spiro atoms. The van der Waals surface area contributed by atoms with Crippen LogP contribution in [-0.2, 0) is 0 Å². The van der Waals surface area contributed by atoms with Crippen molar-refractivity contribution in [2.45, 2.75) is 18.2 Å². The monoisotopic (exact) mass is 291 g/mol. The molecule has 0 aliphatic carbocycles. The number of ether oxygens (including phenoxy) is 1. The summed E-state index contributed by atoms with van der Waals surface area (Å²) in [6.45, 7) is -0.994. The Bertz CT molecular complexity index is 506. The summed E-state index contributed by atoms with van der Waals surface area (Å²) >= 11 is 0. The minimum atomic E-state index is -4.77. The summed E-state index contributed by atoms with van der Waals surface area (Å²) in [5.41, 5.74) is -2.96. The number of aliphatic hydroxyl groups is 1. The summed E-state index contributed by atoms with van der Waals surface area (Å²) in [7, 11) is 1.37. The fraction of sp³-hybridized carbons (Fsp3) is 0.545. The van der Waals surface area contributed by atoms with Crippen LogP contribution >= 0.6 is 0 Å². The predicted molar refractivity (Wildman–Crippen MR) is 60.1 cm³/mol. The second-order valence-corrected chi connectivity index (χ2v) is 4.47. The molecular weight excluding hydrogens is 279 g/mol. The number of aromatic nitrogens is 2. The van der Waals surface area contributed by atoms with Crippen LogP contribution in [0.4, 0.5) is 13.2 Å². The normalized spacial score (nSPS) is 22.9. The van der Waals surface area contributed by atoms with Gasteiger partial charge in [0.1, 0.15) is 0 Å². The molecule has 0 saturated carbocycles. The van der Waals surface area contributed by atoms with Crippen molar-refractivity contribution in [1.82, 2.24) is 15.1 Å². The van der Waals surface area contributed by atoms with Crippen LogP contribution in [0.2, 0.25) is 0 Å². The van der Waals surface area contributed by atoms with Crippen LogP contribution in [0, 0.1) is 0 Å². The van der Waals surface area contributed by atoms with Gasteiger partial charge in [0.25, 0.3) is 5.91 Å². The summed E-state index contributed by atoms with van der Waals surface area (Å²) in [4.78, 5) is 12.9. The highest BCUT2D eigenvalue weighted by Crippen LogP contribution is 2.37. The van der Waals surface area contributed by atoms with Gasteiger partial charge in [-0.1, -0.05) is 0 Å². The zero-order valence-electron chi connectivity index (χ0n) is 10.5. The minimum Gasteiger partial charge on any atom is -0.480 e. The average Bonchev–Trinajstić information content (AvgIpc) is 2.82. The Kier molecular flexibility index (Phi) is 3.55. The summed E-state index contributed by atoms with van der Waals surface area (Å²) < 4.78 is 42.7. The average molecular weight is 291 g/mol. The number of hydrogen-bond donors (Lipinski definition) is 1. The summed E-state index contributed by atoms with van der Waals surface area (Å²) in [6, 6.07) is 2.69. The summed E-state index contributed by atoms with van der Waals surface area (Å²) in [6.07, 6.45) is -5.32. The van der Waals surface area contributed by atoms with Gasteiger partial charge in [-0.25, -0.2) is 0 Å². The van der Waals surface area contributed by atoms with E-state index in [1.807, 2.05) is 0 Å². The first-order valence-corrected chi connectivity index (χ1v) is 5.73. The van der Waals surface area contributed by atoms with Crippen molar-refractivity contribution in [1.29, 1.82) is 0 Å². The molecule has 1 N–H and O–H groups in total. The topological polar surface area (TPSA) is 75.5 Å². The fourth-order valence-electron chi connectivity index (χ4n) is 1.90. The molecule has 0 radical (unpaired) electrons. The lowest BCUT2D eigenvalue weighted by Gasteiger charge is -2.25. The quantitative estimate of drug-likeness (QED) is 0.864. The minimum absolute atomic E-state index is 0.0998. The van der Waals surface area contributed by atoms with E-state index in [0.717, 1.165) is 4.90 Å². The molecule has 20 heavy (non-hydrogen) atoms. The first-order chi connectivity index (χ1) is 9.27. The maximum atomic E-state index is 12.7. The van der Waals surface area contributed by atoms with Gasteiger partial charge in [-0.2, -0.15) is 13.2 Å². The zero-order valence-corrected chi connectivity index (χ0v) is 10.5. The van der Waals surface area contributed by atoms with Crippen molar-refractivity contribution in [2.24, 2.45) is 0 Å². The Morgan fingerprint density at radius 2 is 2.15 bits per heavy atom. The van der Waals surface area contributed by atoms with Gasteiger partial charge in [-0.3, -0.25) is 4.79 Å². The van der Waals surface area contributed by atoms with Crippen molar-refractivity contribution < 1.29 is 27.8 Å². The molecule has 2 rings (SSSR count). The summed E-state index contributed by atoms with van der Waals surface area (Å²) in [5.74, 6) is -0.518. The van der Waals surface area contributed by atoms with Gasteiger partial charge in [0, 0.05) is 19.0 Å². The number of carbonyl (C=O) groups is 1. The van der Waals surface area contributed by atoms with Gasteiger partial charge in [-0.05, 0) is 6.07 Å². The van der Waals surface area contributed by atoms with E-state index in [9.17, 15) is 23.1 Å². The van der Waals surface area contributed by atoms with Crippen LogP contribution in [0.15, 0.2) is 12.1 Å². The van der Waals surface area contributed by atoms with Gasteiger partial charge >= 0.3 is 6.18 Å². The summed E-state index contributed by atoms with van der Waals surface area (Å²) in [5, 5.41) is 16.6. The largest absolute Gasteiger partial charge is 0.480 e. The van der Waals surface area contributed by atoms with E-state index >= 15 is 0 Å². The maximum Gasteiger partial charge on any atom is 0.419 e. The highest BCUT2D eigenvalue weighted by Gasteiger charge is 2.57. The molecule has 2 heterocycles. The van der Waals surface area contributed by atoms with Crippen LogP contribution in [0.1, 0.15) is 16.9 Å². The Balaban J connectivity index is 2.11. The number of carbonyl (C=O) groups excluding carboxylic acids is 1. The van der Waals surface area contributed by atoms with E-state index in [1.54, 1.807) is 0 Å². The Hall–Kier alpha value is -1.90. The van der Waals surface area contributed by atoms with Crippen molar-refractivity contribution in [3.63, 3.8) is 0 Å². The molecule has 1 saturated heterocycles. The lowest BCUT2D eigenvalue weighted by atomic mass is 10.0. The molecule has 9 heteroatoms. The maximum absolute atomic E-state index is 12.7. The SMILES string of the molecule is COc1ccc(C(=O)N2CCC(O)(C(F)(F)F)C2)nn1. The van der Waals surface area contributed by atoms with Gasteiger partial charge in [0.05, 0.1) is 13.7 Å². The molecule has 1 aromatic heterocycles. The second-order valence-electron chi connectivity index (χ2n) is 4.47. The van der Waals surface area contributed by atoms with Gasteiger partial charge in [0.2, 0.25) is 5.88 Å². The molecule has 1 atom stereocenters. The van der Waals surface area contributed by atoms with Crippen molar-refractivity contribution in [2.75, 3.05) is 20.2 Å². The van der Waals surface area contributed by atoms with Crippen molar-refractivity contribution in [3.05, 3.63) is 17.8 Å². The standard InChI is InChI=1S/C11H12F3N3O3/c1-20-8-3-2-7(15-16-8)9(18)17-5-4-10(19,6-17)11(12,13)14/h2-3,19H,4-6H2,1H3. The molecule has 1 fully saturated rings. The third-order valence-electron chi connectivity index (χ3n) is 3.13. The molecule has 0 aromatic carbocycles. The highest BCUT2D eigenvalue weighted by atomic mass is 19.4. The Morgan fingerprint density at radius 1 is 1.45 bits per heavy atom. The third-order valence-corrected chi connectivity index (χ3v) is 3.13. The van der Waals surface area contributed by atoms with E-state index in [0.29, 0.717) is 0 Å². The van der Waals surface area contributed by atoms with E-state index in [-0.39, 0.29) is 18.1 Å². The third kappa shape index (κ3) is 2.53. The van der Waals surface area contributed by atoms with E-state index in [2.05, 4.69) is 10.2 Å². The molecule has 1 amide bonds. The number of β-amino-alcohol motifs (C(OH)–C–C–N with tert-alkyl or cyclic N) is 1. The van der Waals surface area contributed by atoms with Crippen LogP contribution in [0.5, 0.6) is 5.88 Å². The van der Waals surface area contributed by atoms with Crippen molar-refractivity contribution >= 4 is 5.91 Å². The smallest absolute Gasteiger partial charge is 0.419 e. The first kappa shape index (κ1) is 14.5. The Morgan fingerprint density at radius 3 is 2.60 bits per heavy atom. The highest BCUT2D eigenvalue weighted by molar-refractivity contribution is 5.92. The number of rotatable bonds is 2. The van der Waals surface area contributed by atoms with Crippen LogP contribution < -0.4 is 4.74 Å². The van der Waals surface area contributed by atoms with Gasteiger partial charge in [-0.15, -0.1) is 10.2 Å². The number of nitrogens with zero attached hydrogens (tertiary/aromatic N) is 3. The van der Waals surface area contributed by atoms with E-state index < -0.39 is 30.7 Å². The van der Waals surface area contributed by atoms with Crippen LogP contribution in [0.25, 0.3) is 0 Å². The van der Waals surface area contributed by atoms with Gasteiger partial charge < -0.3 is 14.7 Å². The lowest BCUT2D eigenvalue weighted by Crippen LogP contribution is -2.48. The molecule has 1 aliphatic heterocycles.